The van der Waals surface area contributed by atoms with Gasteiger partial charge in [0.2, 0.25) is 0 Å². The maximum atomic E-state index is 13.0. The molecule has 31 heavy (non-hydrogen) atoms. The third-order valence-corrected chi connectivity index (χ3v) is 6.46. The maximum absolute atomic E-state index is 13.0. The van der Waals surface area contributed by atoms with Crippen molar-refractivity contribution in [2.45, 2.75) is 18.0 Å². The Kier molecular flexibility index (Phi) is 5.76. The van der Waals surface area contributed by atoms with Gasteiger partial charge in [-0.25, -0.2) is 8.42 Å². The lowest BCUT2D eigenvalue weighted by Crippen LogP contribution is -2.09. The highest BCUT2D eigenvalue weighted by molar-refractivity contribution is 7.91. The third kappa shape index (κ3) is 4.23. The van der Waals surface area contributed by atoms with Gasteiger partial charge in [0.15, 0.2) is 21.5 Å². The van der Waals surface area contributed by atoms with Crippen LogP contribution in [0.4, 0.5) is 18.9 Å². The first kappa shape index (κ1) is 22.6. The second kappa shape index (κ2) is 7.89. The predicted octanol–water partition coefficient (Wildman–Crippen LogP) is 3.92. The van der Waals surface area contributed by atoms with E-state index in [9.17, 15) is 31.7 Å². The maximum Gasteiger partial charge on any atom is 0.416 e. The molecule has 0 radical (unpaired) electrons. The molecule has 0 aliphatic rings. The van der Waals surface area contributed by atoms with Crippen molar-refractivity contribution in [3.8, 4) is 22.9 Å². The lowest BCUT2D eigenvalue weighted by Gasteiger charge is -2.11. The van der Waals surface area contributed by atoms with Crippen molar-refractivity contribution in [3.05, 3.63) is 51.2 Å². The highest BCUT2D eigenvalue weighted by atomic mass is 35.5. The van der Waals surface area contributed by atoms with Crippen molar-refractivity contribution in [2.75, 3.05) is 5.75 Å². The van der Waals surface area contributed by atoms with Crippen LogP contribution < -0.4 is 0 Å². The van der Waals surface area contributed by atoms with Crippen molar-refractivity contribution in [2.24, 2.45) is 7.05 Å². The number of hydrogen-bond acceptors (Lipinski definition) is 7. The summed E-state index contributed by atoms with van der Waals surface area (Å²) in [6.07, 6.45) is -3.64. The molecule has 0 spiro atoms. The summed E-state index contributed by atoms with van der Waals surface area (Å²) in [6, 6.07) is 3.46. The van der Waals surface area contributed by atoms with Crippen molar-refractivity contribution in [3.63, 3.8) is 0 Å². The molecular formula is C17H13ClF3N5O4S. The van der Waals surface area contributed by atoms with Crippen LogP contribution in [0.25, 0.3) is 22.9 Å². The van der Waals surface area contributed by atoms with Gasteiger partial charge in [-0.2, -0.15) is 13.2 Å². The van der Waals surface area contributed by atoms with Crippen molar-refractivity contribution in [1.82, 2.24) is 19.7 Å². The zero-order valence-corrected chi connectivity index (χ0v) is 17.5. The molecule has 0 unspecified atom stereocenters. The number of nitrogens with zero attached hydrogens (tertiary/aromatic N) is 5. The smallest absolute Gasteiger partial charge is 0.309 e. The van der Waals surface area contributed by atoms with Gasteiger partial charge in [-0.05, 0) is 18.2 Å². The van der Waals surface area contributed by atoms with E-state index in [4.69, 9.17) is 11.6 Å². The third-order valence-electron chi connectivity index (χ3n) is 4.39. The van der Waals surface area contributed by atoms with Gasteiger partial charge in [0, 0.05) is 24.9 Å². The molecule has 2 heterocycles. The van der Waals surface area contributed by atoms with Gasteiger partial charge in [0.05, 0.1) is 21.1 Å². The van der Waals surface area contributed by atoms with E-state index in [0.717, 1.165) is 30.5 Å². The Morgan fingerprint density at radius 1 is 1.19 bits per heavy atom. The van der Waals surface area contributed by atoms with Crippen LogP contribution in [-0.2, 0) is 23.1 Å². The second-order valence-corrected chi connectivity index (χ2v) is 8.95. The molecule has 3 rings (SSSR count). The van der Waals surface area contributed by atoms with Crippen molar-refractivity contribution < 1.29 is 26.5 Å². The van der Waals surface area contributed by atoms with E-state index in [1.54, 1.807) is 0 Å². The minimum absolute atomic E-state index is 0.0713. The van der Waals surface area contributed by atoms with Crippen LogP contribution in [0.2, 0.25) is 5.02 Å². The molecule has 14 heteroatoms. The molecule has 3 aromatic rings. The quantitative estimate of drug-likeness (QED) is 0.405. The molecule has 164 valence electrons. The molecule has 0 aliphatic carbocycles. The molecule has 0 bridgehead atoms. The van der Waals surface area contributed by atoms with E-state index in [1.807, 2.05) is 0 Å². The molecule has 0 fully saturated rings. The number of sulfone groups is 1. The van der Waals surface area contributed by atoms with Crippen LogP contribution in [-0.4, -0.2) is 38.8 Å². The fraction of sp³-hybridized carbons (Fsp3) is 0.235. The molecule has 0 saturated heterocycles. The van der Waals surface area contributed by atoms with E-state index in [0.29, 0.717) is 0 Å². The Morgan fingerprint density at radius 3 is 2.42 bits per heavy atom. The molecule has 2 aromatic heterocycles. The van der Waals surface area contributed by atoms with Gasteiger partial charge in [-0.1, -0.05) is 18.5 Å². The highest BCUT2D eigenvalue weighted by Gasteiger charge is 2.32. The van der Waals surface area contributed by atoms with Crippen LogP contribution in [0.15, 0.2) is 35.4 Å². The molecule has 0 aliphatic heterocycles. The second-order valence-electron chi connectivity index (χ2n) is 6.29. The van der Waals surface area contributed by atoms with Gasteiger partial charge < -0.3 is 4.57 Å². The molecule has 1 aromatic carbocycles. The normalized spacial score (nSPS) is 12.2. The van der Waals surface area contributed by atoms with Crippen LogP contribution in [0.3, 0.4) is 0 Å². The SMILES string of the molecule is CCS(=O)(=O)c1cc([N+](=O)[O-])c(Cl)cc1-c1nnc(-c2cc(C(F)(F)F)ccn2)n1C. The minimum Gasteiger partial charge on any atom is -0.309 e. The summed E-state index contributed by atoms with van der Waals surface area (Å²) >= 11 is 5.96. The summed E-state index contributed by atoms with van der Waals surface area (Å²) in [6.45, 7) is 1.36. The number of halogens is 4. The Hall–Kier alpha value is -3.06. The molecule has 0 N–H and O–H groups in total. The standard InChI is InChI=1S/C17H13ClF3N5O4S/c1-3-31(29,30)14-8-13(26(27)28)11(18)7-10(14)15-23-24-16(25(15)2)12-6-9(4-5-22-12)17(19,20)21/h4-8H,3H2,1-2H3. The summed E-state index contributed by atoms with van der Waals surface area (Å²) in [5, 5.41) is 18.6. The Morgan fingerprint density at radius 2 is 1.84 bits per heavy atom. The monoisotopic (exact) mass is 475 g/mol. The van der Waals surface area contributed by atoms with E-state index >= 15 is 0 Å². The van der Waals surface area contributed by atoms with Gasteiger partial charge in [-0.15, -0.1) is 10.2 Å². The molecule has 9 nitrogen and oxygen atoms in total. The van der Waals surface area contributed by atoms with E-state index in [-0.39, 0.29) is 33.7 Å². The van der Waals surface area contributed by atoms with E-state index < -0.39 is 37.1 Å². The Bertz CT molecular complexity index is 1290. The average Bonchev–Trinajstić information content (AvgIpc) is 3.08. The van der Waals surface area contributed by atoms with Crippen LogP contribution in [0, 0.1) is 10.1 Å². The minimum atomic E-state index is -4.60. The van der Waals surface area contributed by atoms with Crippen LogP contribution in [0.1, 0.15) is 12.5 Å². The van der Waals surface area contributed by atoms with Gasteiger partial charge in [0.1, 0.15) is 10.7 Å². The number of hydrogen-bond donors (Lipinski definition) is 0. The van der Waals surface area contributed by atoms with E-state index in [2.05, 4.69) is 15.2 Å². The van der Waals surface area contributed by atoms with Gasteiger partial charge in [-0.3, -0.25) is 15.1 Å². The fourth-order valence-corrected chi connectivity index (χ4v) is 4.11. The zero-order valence-electron chi connectivity index (χ0n) is 15.9. The summed E-state index contributed by atoms with van der Waals surface area (Å²) in [4.78, 5) is 13.9. The van der Waals surface area contributed by atoms with Crippen LogP contribution >= 0.6 is 11.6 Å². The molecule has 0 amide bonds. The number of alkyl halides is 3. The number of rotatable bonds is 5. The number of pyridine rings is 1. The first-order valence-corrected chi connectivity index (χ1v) is 10.5. The summed E-state index contributed by atoms with van der Waals surface area (Å²) < 4.78 is 65.4. The lowest BCUT2D eigenvalue weighted by molar-refractivity contribution is -0.384. The number of nitro benzene ring substituents is 1. The largest absolute Gasteiger partial charge is 0.416 e. The number of benzene rings is 1. The number of nitro groups is 1. The Labute approximate surface area is 178 Å². The zero-order chi connectivity index (χ0) is 23.1. The lowest BCUT2D eigenvalue weighted by atomic mass is 10.2. The first-order valence-electron chi connectivity index (χ1n) is 8.51. The van der Waals surface area contributed by atoms with Gasteiger partial charge >= 0.3 is 6.18 Å². The number of aromatic nitrogens is 4. The topological polar surface area (TPSA) is 121 Å². The van der Waals surface area contributed by atoms with E-state index in [1.165, 1.54) is 18.5 Å². The van der Waals surface area contributed by atoms with Crippen LogP contribution in [0.5, 0.6) is 0 Å². The molecular weight excluding hydrogens is 463 g/mol. The highest BCUT2D eigenvalue weighted by Crippen LogP contribution is 2.37. The molecule has 0 atom stereocenters. The first-order chi connectivity index (χ1) is 14.4. The molecule has 0 saturated carbocycles. The predicted molar refractivity (Wildman–Crippen MR) is 104 cm³/mol. The van der Waals surface area contributed by atoms with Gasteiger partial charge in [0.25, 0.3) is 5.69 Å². The summed E-state index contributed by atoms with van der Waals surface area (Å²) in [5.41, 5.74) is -1.79. The Balaban J connectivity index is 2.24. The van der Waals surface area contributed by atoms with Crippen molar-refractivity contribution >= 4 is 27.1 Å². The van der Waals surface area contributed by atoms with Crippen molar-refractivity contribution in [1.29, 1.82) is 0 Å². The summed E-state index contributed by atoms with van der Waals surface area (Å²) in [7, 11) is -2.56. The fourth-order valence-electron chi connectivity index (χ4n) is 2.79. The average molecular weight is 476 g/mol. The summed E-state index contributed by atoms with van der Waals surface area (Å²) in [5.74, 6) is -0.507.